The number of carbonyl (C=O) groups excluding carboxylic acids is 2. The molecule has 6 rings (SSSR count). The molecule has 0 aliphatic carbocycles. The van der Waals surface area contributed by atoms with Crippen molar-refractivity contribution < 1.29 is 14.3 Å². The molecule has 2 aromatic carbocycles. The molecule has 244 valence electrons. The van der Waals surface area contributed by atoms with E-state index < -0.39 is 0 Å². The van der Waals surface area contributed by atoms with Gasteiger partial charge < -0.3 is 34.2 Å². The maximum atomic E-state index is 13.9. The van der Waals surface area contributed by atoms with E-state index in [0.717, 1.165) is 45.6 Å². The number of hydrogen-bond donors (Lipinski definition) is 1. The molecule has 1 fully saturated rings. The Bertz CT molecular complexity index is 1860. The number of benzene rings is 2. The van der Waals surface area contributed by atoms with Gasteiger partial charge in [-0.2, -0.15) is 0 Å². The van der Waals surface area contributed by atoms with Gasteiger partial charge in [-0.1, -0.05) is 12.1 Å². The molecule has 0 unspecified atom stereocenters. The smallest absolute Gasteiger partial charge is 0.274 e. The van der Waals surface area contributed by atoms with Crippen LogP contribution in [0.15, 0.2) is 71.8 Å². The van der Waals surface area contributed by atoms with Gasteiger partial charge in [-0.15, -0.1) is 0 Å². The van der Waals surface area contributed by atoms with Gasteiger partial charge in [0.15, 0.2) is 0 Å². The van der Waals surface area contributed by atoms with E-state index in [1.807, 2.05) is 80.6 Å². The van der Waals surface area contributed by atoms with Crippen LogP contribution >= 0.6 is 0 Å². The number of fused-ring (bicyclic) bond motifs is 1. The highest BCUT2D eigenvalue weighted by Gasteiger charge is 2.29. The Morgan fingerprint density at radius 2 is 1.74 bits per heavy atom. The van der Waals surface area contributed by atoms with Crippen LogP contribution < -0.4 is 20.7 Å². The Labute approximate surface area is 275 Å². The van der Waals surface area contributed by atoms with E-state index >= 15 is 0 Å². The molecule has 0 bridgehead atoms. The lowest BCUT2D eigenvalue weighted by molar-refractivity contribution is 0.0302. The predicted octanol–water partition coefficient (Wildman–Crippen LogP) is 3.99. The fourth-order valence-corrected chi connectivity index (χ4v) is 6.19. The van der Waals surface area contributed by atoms with E-state index in [1.54, 1.807) is 28.6 Å². The third kappa shape index (κ3) is 6.63. The van der Waals surface area contributed by atoms with Crippen LogP contribution in [0.5, 0.6) is 0 Å². The lowest BCUT2D eigenvalue weighted by atomic mass is 9.94. The van der Waals surface area contributed by atoms with E-state index in [4.69, 9.17) is 4.74 Å². The molecule has 1 saturated heterocycles. The van der Waals surface area contributed by atoms with Gasteiger partial charge in [0.1, 0.15) is 11.5 Å². The second-order valence-corrected chi connectivity index (χ2v) is 12.5. The molecular formula is C36H41N7O4. The number of anilines is 4. The molecule has 2 aliphatic heterocycles. The number of nitrogens with one attached hydrogen (secondary N) is 1. The number of nitrogens with zero attached hydrogens (tertiary/aromatic N) is 6. The van der Waals surface area contributed by atoms with E-state index in [9.17, 15) is 14.4 Å². The summed E-state index contributed by atoms with van der Waals surface area (Å²) in [6.45, 7) is 3.32. The fourth-order valence-electron chi connectivity index (χ4n) is 6.19. The van der Waals surface area contributed by atoms with Gasteiger partial charge in [0.25, 0.3) is 17.4 Å². The van der Waals surface area contributed by atoms with Gasteiger partial charge >= 0.3 is 0 Å². The molecule has 0 spiro atoms. The van der Waals surface area contributed by atoms with E-state index in [0.29, 0.717) is 56.5 Å². The molecular weight excluding hydrogens is 594 g/mol. The van der Waals surface area contributed by atoms with Crippen molar-refractivity contribution in [1.29, 1.82) is 0 Å². The van der Waals surface area contributed by atoms with Crippen molar-refractivity contribution in [1.82, 2.24) is 19.4 Å². The Hall–Kier alpha value is -5.00. The predicted molar refractivity (Wildman–Crippen MR) is 185 cm³/mol. The van der Waals surface area contributed by atoms with Gasteiger partial charge in [0.2, 0.25) is 0 Å². The lowest BCUT2D eigenvalue weighted by Gasteiger charge is -2.32. The van der Waals surface area contributed by atoms with Crippen LogP contribution in [0.4, 0.5) is 22.9 Å². The number of aryl methyl sites for hydroxylation is 1. The van der Waals surface area contributed by atoms with Crippen molar-refractivity contribution in [2.45, 2.75) is 13.0 Å². The minimum Gasteiger partial charge on any atom is -0.378 e. The summed E-state index contributed by atoms with van der Waals surface area (Å²) in [6, 6.07) is 17.3. The largest absolute Gasteiger partial charge is 0.378 e. The van der Waals surface area contributed by atoms with Crippen LogP contribution in [0, 0.1) is 0 Å². The molecule has 4 aromatic rings. The molecule has 2 aliphatic rings. The fraction of sp³-hybridized carbons (Fsp3) is 0.333. The van der Waals surface area contributed by atoms with Crippen molar-refractivity contribution in [2.75, 3.05) is 76.2 Å². The highest BCUT2D eigenvalue weighted by molar-refractivity contribution is 6.09. The normalized spacial score (nSPS) is 14.7. The zero-order valence-corrected chi connectivity index (χ0v) is 27.6. The first-order valence-corrected chi connectivity index (χ1v) is 15.8. The quantitative estimate of drug-likeness (QED) is 0.310. The Balaban J connectivity index is 1.32. The van der Waals surface area contributed by atoms with Crippen LogP contribution in [-0.4, -0.2) is 92.2 Å². The summed E-state index contributed by atoms with van der Waals surface area (Å²) in [6.07, 6.45) is 4.10. The average Bonchev–Trinajstić information content (AvgIpc) is 3.07. The first-order chi connectivity index (χ1) is 22.6. The SMILES string of the molecule is CN(C)Cc1c(-c2cc(Nc3ccc(C(=O)N4CCOCC4)cn3)c(=O)n(C)c2)cccc1N1CCc2cc(N(C)C)ccc2C1=O. The number of carbonyl (C=O) groups is 2. The molecule has 47 heavy (non-hydrogen) atoms. The summed E-state index contributed by atoms with van der Waals surface area (Å²) >= 11 is 0. The third-order valence-corrected chi connectivity index (χ3v) is 8.67. The van der Waals surface area contributed by atoms with Crippen molar-refractivity contribution in [3.8, 4) is 11.1 Å². The first-order valence-electron chi connectivity index (χ1n) is 15.8. The van der Waals surface area contributed by atoms with Gasteiger partial charge in [0.05, 0.1) is 18.8 Å². The molecule has 1 N–H and O–H groups in total. The summed E-state index contributed by atoms with van der Waals surface area (Å²) in [7, 11) is 9.73. The lowest BCUT2D eigenvalue weighted by Crippen LogP contribution is -2.40. The Kier molecular flexibility index (Phi) is 9.10. The average molecular weight is 636 g/mol. The number of amides is 2. The highest BCUT2D eigenvalue weighted by Crippen LogP contribution is 2.36. The summed E-state index contributed by atoms with van der Waals surface area (Å²) < 4.78 is 6.90. The number of hydrogen-bond acceptors (Lipinski definition) is 8. The summed E-state index contributed by atoms with van der Waals surface area (Å²) in [5, 5.41) is 3.17. The van der Waals surface area contributed by atoms with Gasteiger partial charge in [-0.3, -0.25) is 14.4 Å². The highest BCUT2D eigenvalue weighted by atomic mass is 16.5. The molecule has 2 amide bonds. The molecule has 11 nitrogen and oxygen atoms in total. The summed E-state index contributed by atoms with van der Waals surface area (Å²) in [5.74, 6) is 0.348. The maximum absolute atomic E-state index is 13.9. The maximum Gasteiger partial charge on any atom is 0.274 e. The minimum absolute atomic E-state index is 0.0156. The van der Waals surface area contributed by atoms with Crippen LogP contribution in [0.3, 0.4) is 0 Å². The van der Waals surface area contributed by atoms with Crippen molar-refractivity contribution in [3.63, 3.8) is 0 Å². The third-order valence-electron chi connectivity index (χ3n) is 8.67. The van der Waals surface area contributed by atoms with E-state index in [-0.39, 0.29) is 17.4 Å². The number of rotatable bonds is 8. The number of ether oxygens (including phenoxy) is 1. The summed E-state index contributed by atoms with van der Waals surface area (Å²) in [5.41, 5.74) is 7.08. The number of pyridine rings is 2. The standard InChI is InChI=1S/C36H41N7O4/c1-39(2)23-30-28(7-6-8-32(30)43-14-13-24-19-27(40(3)4)10-11-29(24)35(43)45)26-20-31(36(46)41(5)22-26)38-33-12-9-25(21-37-33)34(44)42-15-17-47-18-16-42/h6-12,19-22H,13-18,23H2,1-5H3,(H,37,38). The number of morpholine rings is 1. The molecule has 0 radical (unpaired) electrons. The van der Waals surface area contributed by atoms with Gasteiger partial charge in [-0.05, 0) is 79.7 Å². The first kappa shape index (κ1) is 32.0. The van der Waals surface area contributed by atoms with Gasteiger partial charge in [0, 0.05) is 82.2 Å². The zero-order valence-electron chi connectivity index (χ0n) is 27.6. The van der Waals surface area contributed by atoms with Crippen molar-refractivity contribution in [2.24, 2.45) is 7.05 Å². The van der Waals surface area contributed by atoms with E-state index in [2.05, 4.69) is 21.3 Å². The Morgan fingerprint density at radius 1 is 0.957 bits per heavy atom. The van der Waals surface area contributed by atoms with Crippen molar-refractivity contribution in [3.05, 3.63) is 99.6 Å². The van der Waals surface area contributed by atoms with Crippen molar-refractivity contribution >= 4 is 34.7 Å². The topological polar surface area (TPSA) is 103 Å². The molecule has 0 saturated carbocycles. The molecule has 2 aromatic heterocycles. The second kappa shape index (κ2) is 13.4. The second-order valence-electron chi connectivity index (χ2n) is 12.5. The molecule has 0 atom stereocenters. The van der Waals surface area contributed by atoms with Crippen LogP contribution in [-0.2, 0) is 24.8 Å². The van der Waals surface area contributed by atoms with Crippen LogP contribution in [0.1, 0.15) is 31.8 Å². The minimum atomic E-state index is -0.214. The Morgan fingerprint density at radius 3 is 2.45 bits per heavy atom. The number of aromatic nitrogens is 2. The van der Waals surface area contributed by atoms with E-state index in [1.165, 1.54) is 6.20 Å². The molecule has 11 heteroatoms. The molecule has 4 heterocycles. The van der Waals surface area contributed by atoms with Crippen LogP contribution in [0.2, 0.25) is 0 Å². The summed E-state index contributed by atoms with van der Waals surface area (Å²) in [4.78, 5) is 52.3. The monoisotopic (exact) mass is 635 g/mol. The van der Waals surface area contributed by atoms with Crippen LogP contribution in [0.25, 0.3) is 11.1 Å². The van der Waals surface area contributed by atoms with Gasteiger partial charge in [-0.25, -0.2) is 4.98 Å². The zero-order chi connectivity index (χ0) is 33.2.